The highest BCUT2D eigenvalue weighted by molar-refractivity contribution is 9.10. The molecule has 0 aliphatic rings. The third kappa shape index (κ3) is 3.06. The fraction of sp³-hybridized carbons (Fsp3) is 0.294. The van der Waals surface area contributed by atoms with Gasteiger partial charge in [-0.25, -0.2) is 0 Å². The van der Waals surface area contributed by atoms with Crippen LogP contribution in [-0.2, 0) is 0 Å². The minimum absolute atomic E-state index is 0.262. The van der Waals surface area contributed by atoms with Gasteiger partial charge >= 0.3 is 0 Å². The highest BCUT2D eigenvalue weighted by Crippen LogP contribution is 2.37. The number of methoxy groups -OCH3 is 2. The Bertz CT molecular complexity index is 655. The summed E-state index contributed by atoms with van der Waals surface area (Å²) in [6.07, 6.45) is 0. The fourth-order valence-corrected chi connectivity index (χ4v) is 2.89. The molecule has 0 saturated carbocycles. The molecule has 2 N–H and O–H groups in total. The average molecular weight is 350 g/mol. The van der Waals surface area contributed by atoms with Crippen molar-refractivity contribution in [2.75, 3.05) is 14.2 Å². The molecule has 0 radical (unpaired) electrons. The lowest BCUT2D eigenvalue weighted by Gasteiger charge is -2.20. The molecule has 21 heavy (non-hydrogen) atoms. The summed E-state index contributed by atoms with van der Waals surface area (Å²) in [6, 6.07) is 9.72. The Morgan fingerprint density at radius 2 is 1.67 bits per heavy atom. The molecule has 0 spiro atoms. The van der Waals surface area contributed by atoms with Crippen molar-refractivity contribution in [3.8, 4) is 11.5 Å². The number of halogens is 1. The van der Waals surface area contributed by atoms with E-state index in [2.05, 4.69) is 41.9 Å². The molecule has 0 aliphatic heterocycles. The number of rotatable bonds is 4. The Hall–Kier alpha value is -1.52. The molecule has 0 fully saturated rings. The lowest BCUT2D eigenvalue weighted by Crippen LogP contribution is -2.15. The van der Waals surface area contributed by atoms with Crippen molar-refractivity contribution in [3.63, 3.8) is 0 Å². The normalized spacial score (nSPS) is 12.1. The summed E-state index contributed by atoms with van der Waals surface area (Å²) in [5.74, 6) is 1.49. The number of hydrogen-bond donors (Lipinski definition) is 1. The van der Waals surface area contributed by atoms with Crippen molar-refractivity contribution in [1.82, 2.24) is 0 Å². The standard InChI is InChI=1S/C17H20BrNO2/c1-10-6-5-7-12(11(10)2)17(19)13-8-16(21-4)14(18)9-15(13)20-3/h5-9,17H,19H2,1-4H3. The van der Waals surface area contributed by atoms with Crippen molar-refractivity contribution in [2.45, 2.75) is 19.9 Å². The zero-order valence-electron chi connectivity index (χ0n) is 12.7. The number of nitrogens with two attached hydrogens (primary N) is 1. The van der Waals surface area contributed by atoms with Crippen LogP contribution in [0.4, 0.5) is 0 Å². The fourth-order valence-electron chi connectivity index (χ4n) is 2.41. The molecule has 2 aromatic carbocycles. The van der Waals surface area contributed by atoms with Gasteiger partial charge in [-0.2, -0.15) is 0 Å². The SMILES string of the molecule is COc1cc(C(N)c2cccc(C)c2C)c(OC)cc1Br. The molecule has 1 unspecified atom stereocenters. The molecule has 0 bridgehead atoms. The maximum Gasteiger partial charge on any atom is 0.133 e. The van der Waals surface area contributed by atoms with Gasteiger partial charge in [-0.15, -0.1) is 0 Å². The summed E-state index contributed by atoms with van der Waals surface area (Å²) < 4.78 is 11.7. The van der Waals surface area contributed by atoms with Crippen LogP contribution in [0.25, 0.3) is 0 Å². The van der Waals surface area contributed by atoms with Crippen LogP contribution in [0.2, 0.25) is 0 Å². The molecule has 0 amide bonds. The smallest absolute Gasteiger partial charge is 0.133 e. The first-order valence-electron chi connectivity index (χ1n) is 6.72. The lowest BCUT2D eigenvalue weighted by molar-refractivity contribution is 0.395. The lowest BCUT2D eigenvalue weighted by atomic mass is 9.92. The summed E-state index contributed by atoms with van der Waals surface area (Å²) in [6.45, 7) is 4.18. The molecule has 4 heteroatoms. The van der Waals surface area contributed by atoms with E-state index in [1.165, 1.54) is 11.1 Å². The average Bonchev–Trinajstić information content (AvgIpc) is 2.49. The zero-order valence-corrected chi connectivity index (χ0v) is 14.3. The van der Waals surface area contributed by atoms with E-state index in [0.29, 0.717) is 0 Å². The Morgan fingerprint density at radius 1 is 1.00 bits per heavy atom. The number of ether oxygens (including phenoxy) is 2. The molecule has 2 rings (SSSR count). The van der Waals surface area contributed by atoms with Gasteiger partial charge in [0.2, 0.25) is 0 Å². The zero-order chi connectivity index (χ0) is 15.6. The van der Waals surface area contributed by atoms with Gasteiger partial charge in [-0.3, -0.25) is 0 Å². The third-order valence-corrected chi connectivity index (χ3v) is 4.44. The first kappa shape index (κ1) is 15.9. The summed E-state index contributed by atoms with van der Waals surface area (Å²) in [4.78, 5) is 0. The highest BCUT2D eigenvalue weighted by Gasteiger charge is 2.19. The second-order valence-electron chi connectivity index (χ2n) is 5.00. The van der Waals surface area contributed by atoms with Gasteiger partial charge in [0, 0.05) is 5.56 Å². The Morgan fingerprint density at radius 3 is 2.29 bits per heavy atom. The molecule has 0 heterocycles. The Balaban J connectivity index is 2.56. The molecule has 0 aromatic heterocycles. The van der Waals surface area contributed by atoms with Gasteiger partial charge in [-0.05, 0) is 58.6 Å². The maximum absolute atomic E-state index is 6.49. The molecule has 2 aromatic rings. The minimum atomic E-state index is -0.262. The summed E-state index contributed by atoms with van der Waals surface area (Å²) in [7, 11) is 3.29. The summed E-state index contributed by atoms with van der Waals surface area (Å²) in [5, 5.41) is 0. The minimum Gasteiger partial charge on any atom is -0.496 e. The van der Waals surface area contributed by atoms with Gasteiger partial charge in [0.05, 0.1) is 24.7 Å². The van der Waals surface area contributed by atoms with Crippen LogP contribution in [0.3, 0.4) is 0 Å². The van der Waals surface area contributed by atoms with E-state index < -0.39 is 0 Å². The van der Waals surface area contributed by atoms with Crippen molar-refractivity contribution >= 4 is 15.9 Å². The van der Waals surface area contributed by atoms with E-state index in [1.807, 2.05) is 18.2 Å². The molecule has 112 valence electrons. The predicted molar refractivity (Wildman–Crippen MR) is 89.2 cm³/mol. The van der Waals surface area contributed by atoms with Crippen molar-refractivity contribution in [1.29, 1.82) is 0 Å². The first-order chi connectivity index (χ1) is 9.99. The van der Waals surface area contributed by atoms with Crippen LogP contribution in [0, 0.1) is 13.8 Å². The molecular formula is C17H20BrNO2. The first-order valence-corrected chi connectivity index (χ1v) is 7.52. The van der Waals surface area contributed by atoms with E-state index >= 15 is 0 Å². The molecule has 0 saturated heterocycles. The summed E-state index contributed by atoms with van der Waals surface area (Å²) >= 11 is 3.47. The van der Waals surface area contributed by atoms with Crippen molar-refractivity contribution in [3.05, 3.63) is 57.1 Å². The Kier molecular flexibility index (Phi) is 4.91. The molecule has 1 atom stereocenters. The van der Waals surface area contributed by atoms with E-state index in [9.17, 15) is 0 Å². The monoisotopic (exact) mass is 349 g/mol. The van der Waals surface area contributed by atoms with Gasteiger partial charge in [0.1, 0.15) is 11.5 Å². The molecule has 3 nitrogen and oxygen atoms in total. The van der Waals surface area contributed by atoms with Crippen LogP contribution in [0.1, 0.15) is 28.3 Å². The number of hydrogen-bond acceptors (Lipinski definition) is 3. The summed E-state index contributed by atoms with van der Waals surface area (Å²) in [5.41, 5.74) is 10.9. The van der Waals surface area contributed by atoms with E-state index in [-0.39, 0.29) is 6.04 Å². The van der Waals surface area contributed by atoms with E-state index in [4.69, 9.17) is 15.2 Å². The van der Waals surface area contributed by atoms with Crippen LogP contribution in [0.5, 0.6) is 11.5 Å². The second kappa shape index (κ2) is 6.50. The quantitative estimate of drug-likeness (QED) is 0.902. The van der Waals surface area contributed by atoms with Crippen LogP contribution >= 0.6 is 15.9 Å². The van der Waals surface area contributed by atoms with Crippen molar-refractivity contribution < 1.29 is 9.47 Å². The molecular weight excluding hydrogens is 330 g/mol. The van der Waals surface area contributed by atoms with Gasteiger partial charge in [0.15, 0.2) is 0 Å². The van der Waals surface area contributed by atoms with Gasteiger partial charge < -0.3 is 15.2 Å². The van der Waals surface area contributed by atoms with Gasteiger partial charge in [0.25, 0.3) is 0 Å². The Labute approximate surface area is 134 Å². The van der Waals surface area contributed by atoms with E-state index in [1.54, 1.807) is 14.2 Å². The topological polar surface area (TPSA) is 44.5 Å². The van der Waals surface area contributed by atoms with Crippen LogP contribution in [0.15, 0.2) is 34.8 Å². The largest absolute Gasteiger partial charge is 0.496 e. The highest BCUT2D eigenvalue weighted by atomic mass is 79.9. The van der Waals surface area contributed by atoms with Gasteiger partial charge in [-0.1, -0.05) is 18.2 Å². The third-order valence-electron chi connectivity index (χ3n) is 3.82. The number of benzene rings is 2. The predicted octanol–water partition coefficient (Wildman–Crippen LogP) is 4.13. The maximum atomic E-state index is 6.49. The second-order valence-corrected chi connectivity index (χ2v) is 5.85. The van der Waals surface area contributed by atoms with Crippen molar-refractivity contribution in [2.24, 2.45) is 5.73 Å². The number of aryl methyl sites for hydroxylation is 1. The van der Waals surface area contributed by atoms with Crippen LogP contribution in [-0.4, -0.2) is 14.2 Å². The van der Waals surface area contributed by atoms with E-state index in [0.717, 1.165) is 27.1 Å². The molecule has 0 aliphatic carbocycles. The van der Waals surface area contributed by atoms with Crippen LogP contribution < -0.4 is 15.2 Å².